The van der Waals surface area contributed by atoms with E-state index in [-0.39, 0.29) is 17.6 Å². The number of carbonyl (C=O) groups excluding carboxylic acids is 2. The number of nitrogens with zero attached hydrogens (tertiary/aromatic N) is 6. The van der Waals surface area contributed by atoms with E-state index >= 15 is 0 Å². The van der Waals surface area contributed by atoms with Gasteiger partial charge in [0.2, 0.25) is 18.3 Å². The van der Waals surface area contributed by atoms with Crippen LogP contribution in [0.1, 0.15) is 0 Å². The number of rotatable bonds is 13. The van der Waals surface area contributed by atoms with Crippen molar-refractivity contribution in [3.63, 3.8) is 0 Å². The van der Waals surface area contributed by atoms with Crippen LogP contribution in [0.15, 0.2) is 55.3 Å². The molecule has 3 rings (SSSR count). The van der Waals surface area contributed by atoms with Crippen LogP contribution in [-0.2, 0) is 9.59 Å². The molecule has 0 atom stereocenters. The van der Waals surface area contributed by atoms with Gasteiger partial charge in [0, 0.05) is 52.6 Å². The van der Waals surface area contributed by atoms with E-state index in [0.29, 0.717) is 47.3 Å². The fourth-order valence-corrected chi connectivity index (χ4v) is 3.88. The Labute approximate surface area is 234 Å². The molecule has 2 amide bonds. The molecule has 12 nitrogen and oxygen atoms in total. The number of aromatic hydroxyl groups is 1. The van der Waals surface area contributed by atoms with Crippen molar-refractivity contribution in [1.82, 2.24) is 14.9 Å². The first-order valence-electron chi connectivity index (χ1n) is 12.4. The number of amides is 2. The molecule has 40 heavy (non-hydrogen) atoms. The Morgan fingerprint density at radius 1 is 1.02 bits per heavy atom. The Morgan fingerprint density at radius 2 is 1.77 bits per heavy atom. The summed E-state index contributed by atoms with van der Waals surface area (Å²) >= 11 is 0. The normalized spacial score (nSPS) is 10.6. The van der Waals surface area contributed by atoms with E-state index < -0.39 is 0 Å². The molecule has 1 heterocycles. The van der Waals surface area contributed by atoms with Crippen LogP contribution in [-0.4, -0.2) is 87.7 Å². The lowest BCUT2D eigenvalue weighted by Gasteiger charge is -2.26. The number of methoxy groups -OCH3 is 1. The van der Waals surface area contributed by atoms with E-state index in [4.69, 9.17) is 4.74 Å². The fourth-order valence-electron chi connectivity index (χ4n) is 3.88. The van der Waals surface area contributed by atoms with Gasteiger partial charge in [0.15, 0.2) is 0 Å². The average Bonchev–Trinajstić information content (AvgIpc) is 2.93. The predicted molar refractivity (Wildman–Crippen MR) is 160 cm³/mol. The first-order chi connectivity index (χ1) is 19.1. The monoisotopic (exact) mass is 548 g/mol. The SMILES string of the molecule is C=CC(=O)Nc1cc(Nc2nccc(N(C=O)c3ccc(O)cc3N(C)C)n2)c(OC)cc1N(C)CCN(C)C. The highest BCUT2D eigenvalue weighted by Crippen LogP contribution is 2.39. The lowest BCUT2D eigenvalue weighted by Crippen LogP contribution is -2.29. The molecule has 0 aliphatic heterocycles. The predicted octanol–water partition coefficient (Wildman–Crippen LogP) is 3.42. The number of ether oxygens (including phenoxy) is 1. The molecule has 0 spiro atoms. The highest BCUT2D eigenvalue weighted by Gasteiger charge is 2.19. The fraction of sp³-hybridized carbons (Fsp3) is 0.286. The van der Waals surface area contributed by atoms with Gasteiger partial charge in [-0.2, -0.15) is 4.98 Å². The highest BCUT2D eigenvalue weighted by atomic mass is 16.5. The summed E-state index contributed by atoms with van der Waals surface area (Å²) in [6, 6.07) is 9.85. The topological polar surface area (TPSA) is 126 Å². The second-order valence-electron chi connectivity index (χ2n) is 9.39. The minimum atomic E-state index is -0.358. The number of anilines is 7. The van der Waals surface area contributed by atoms with Crippen LogP contribution in [0.2, 0.25) is 0 Å². The van der Waals surface area contributed by atoms with Crippen molar-refractivity contribution in [3.05, 3.63) is 55.3 Å². The first-order valence-corrected chi connectivity index (χ1v) is 12.4. The molecule has 0 aliphatic rings. The van der Waals surface area contributed by atoms with Gasteiger partial charge in [-0.15, -0.1) is 0 Å². The summed E-state index contributed by atoms with van der Waals surface area (Å²) in [5.74, 6) is 0.718. The average molecular weight is 549 g/mol. The van der Waals surface area contributed by atoms with Gasteiger partial charge in [-0.25, -0.2) is 4.98 Å². The molecule has 0 unspecified atom stereocenters. The van der Waals surface area contributed by atoms with Crippen molar-refractivity contribution in [2.45, 2.75) is 0 Å². The van der Waals surface area contributed by atoms with Crippen molar-refractivity contribution in [2.75, 3.05) is 80.8 Å². The first kappa shape index (κ1) is 29.7. The smallest absolute Gasteiger partial charge is 0.247 e. The van der Waals surface area contributed by atoms with Gasteiger partial charge in [0.1, 0.15) is 17.3 Å². The van der Waals surface area contributed by atoms with Crippen LogP contribution in [0.4, 0.5) is 40.2 Å². The number of hydrogen-bond acceptors (Lipinski definition) is 10. The van der Waals surface area contributed by atoms with E-state index in [2.05, 4.69) is 32.1 Å². The third-order valence-electron chi connectivity index (χ3n) is 5.99. The number of aromatic nitrogens is 2. The van der Waals surface area contributed by atoms with Gasteiger partial charge in [0.05, 0.1) is 35.5 Å². The van der Waals surface area contributed by atoms with E-state index in [9.17, 15) is 14.7 Å². The van der Waals surface area contributed by atoms with Crippen LogP contribution < -0.4 is 30.1 Å². The standard InChI is InChI=1S/C28H36N8O4/c1-8-27(39)30-20-16-21(25(40-7)17-23(20)35(6)14-13-33(2)3)31-28-29-12-11-26(32-28)36(18-37)22-10-9-19(38)15-24(22)34(4)5/h8-12,15-18,38H,1,13-14H2,2-7H3,(H,30,39)(H,29,31,32). The highest BCUT2D eigenvalue weighted by molar-refractivity contribution is 6.02. The maximum atomic E-state index is 12.2. The Bertz CT molecular complexity index is 1360. The van der Waals surface area contributed by atoms with Gasteiger partial charge in [-0.3, -0.25) is 14.5 Å². The minimum Gasteiger partial charge on any atom is -0.508 e. The van der Waals surface area contributed by atoms with E-state index in [1.54, 1.807) is 36.3 Å². The Morgan fingerprint density at radius 3 is 2.40 bits per heavy atom. The molecule has 1 aromatic heterocycles. The van der Waals surface area contributed by atoms with Crippen molar-refractivity contribution in [1.29, 1.82) is 0 Å². The zero-order chi connectivity index (χ0) is 29.4. The van der Waals surface area contributed by atoms with Gasteiger partial charge in [0.25, 0.3) is 0 Å². The summed E-state index contributed by atoms with van der Waals surface area (Å²) in [6.45, 7) is 5.06. The number of carbonyl (C=O) groups is 2. The van der Waals surface area contributed by atoms with E-state index in [0.717, 1.165) is 12.2 Å². The summed E-state index contributed by atoms with van der Waals surface area (Å²) in [6.07, 6.45) is 3.37. The summed E-state index contributed by atoms with van der Waals surface area (Å²) in [5, 5.41) is 16.0. The van der Waals surface area contributed by atoms with Crippen molar-refractivity contribution in [3.8, 4) is 11.5 Å². The summed E-state index contributed by atoms with van der Waals surface area (Å²) in [7, 11) is 11.1. The molecule has 0 radical (unpaired) electrons. The van der Waals surface area contributed by atoms with Crippen molar-refractivity contribution in [2.24, 2.45) is 0 Å². The summed E-state index contributed by atoms with van der Waals surface area (Å²) in [5.41, 5.74) is 2.95. The van der Waals surface area contributed by atoms with Gasteiger partial charge < -0.3 is 35.2 Å². The number of phenols is 1. The van der Waals surface area contributed by atoms with Gasteiger partial charge >= 0.3 is 0 Å². The quantitative estimate of drug-likeness (QED) is 0.216. The zero-order valence-electron chi connectivity index (χ0n) is 23.7. The Hall–Kier alpha value is -4.84. The Balaban J connectivity index is 2.01. The minimum absolute atomic E-state index is 0.0746. The van der Waals surface area contributed by atoms with Crippen molar-refractivity contribution < 1.29 is 19.4 Å². The van der Waals surface area contributed by atoms with Crippen LogP contribution in [0.3, 0.4) is 0 Å². The van der Waals surface area contributed by atoms with Gasteiger partial charge in [-0.05, 0) is 44.4 Å². The maximum Gasteiger partial charge on any atom is 0.247 e. The lowest BCUT2D eigenvalue weighted by atomic mass is 10.2. The number of likely N-dealkylation sites (N-methyl/N-ethyl adjacent to an activating group) is 2. The second-order valence-corrected chi connectivity index (χ2v) is 9.39. The number of hydrogen-bond donors (Lipinski definition) is 3. The molecule has 0 aliphatic carbocycles. The molecule has 12 heteroatoms. The third kappa shape index (κ3) is 7.17. The van der Waals surface area contributed by atoms with E-state index in [1.165, 1.54) is 23.2 Å². The molecule has 0 saturated heterocycles. The van der Waals surface area contributed by atoms with Gasteiger partial charge in [-0.1, -0.05) is 6.58 Å². The zero-order valence-corrected chi connectivity index (χ0v) is 23.7. The second kappa shape index (κ2) is 13.3. The van der Waals surface area contributed by atoms with Crippen molar-refractivity contribution >= 4 is 52.5 Å². The Kier molecular flexibility index (Phi) is 9.87. The number of benzene rings is 2. The molecule has 0 bridgehead atoms. The summed E-state index contributed by atoms with van der Waals surface area (Å²) < 4.78 is 5.66. The van der Waals surface area contributed by atoms with E-state index in [1.807, 2.05) is 46.2 Å². The van der Waals surface area contributed by atoms with Crippen LogP contribution in [0.25, 0.3) is 0 Å². The molecular formula is C28H36N8O4. The lowest BCUT2D eigenvalue weighted by molar-refractivity contribution is -0.112. The van der Waals surface area contributed by atoms with Crippen LogP contribution >= 0.6 is 0 Å². The molecule has 0 saturated carbocycles. The van der Waals surface area contributed by atoms with Crippen LogP contribution in [0, 0.1) is 0 Å². The molecule has 3 N–H and O–H groups in total. The largest absolute Gasteiger partial charge is 0.508 e. The molecule has 2 aromatic carbocycles. The third-order valence-corrected chi connectivity index (χ3v) is 5.99. The summed E-state index contributed by atoms with van der Waals surface area (Å²) in [4.78, 5) is 40.5. The number of nitrogens with one attached hydrogen (secondary N) is 2. The molecular weight excluding hydrogens is 512 g/mol. The molecule has 212 valence electrons. The number of phenolic OH excluding ortho intramolecular Hbond substituents is 1. The maximum absolute atomic E-state index is 12.2. The molecule has 3 aromatic rings. The van der Waals surface area contributed by atoms with Crippen LogP contribution in [0.5, 0.6) is 11.5 Å². The molecule has 0 fully saturated rings.